The number of anilines is 1. The Morgan fingerprint density at radius 2 is 2.09 bits per heavy atom. The van der Waals surface area contributed by atoms with E-state index >= 15 is 0 Å². The highest BCUT2D eigenvalue weighted by Gasteiger charge is 2.34. The summed E-state index contributed by atoms with van der Waals surface area (Å²) in [5, 5.41) is 11.0. The maximum absolute atomic E-state index is 13.6. The molecule has 1 amide bonds. The van der Waals surface area contributed by atoms with Crippen LogP contribution in [0.1, 0.15) is 31.9 Å². The minimum Gasteiger partial charge on any atom is -0.497 e. The first kappa shape index (κ1) is 24.0. The Kier molecular flexibility index (Phi) is 8.49. The number of hydrogen-bond acceptors (Lipinski definition) is 6. The average molecular weight is 476 g/mol. The third-order valence-corrected chi connectivity index (χ3v) is 6.29. The molecule has 7 nitrogen and oxygen atoms in total. The lowest BCUT2D eigenvalue weighted by atomic mass is 9.96. The van der Waals surface area contributed by atoms with Gasteiger partial charge in [-0.2, -0.15) is 11.3 Å². The summed E-state index contributed by atoms with van der Waals surface area (Å²) in [5.74, 6) is 0.953. The Labute approximate surface area is 198 Å². The van der Waals surface area contributed by atoms with Crippen LogP contribution in [0.15, 0.2) is 46.3 Å². The van der Waals surface area contributed by atoms with Crippen LogP contribution >= 0.6 is 23.6 Å². The lowest BCUT2D eigenvalue weighted by Gasteiger charge is -2.37. The second-order valence-corrected chi connectivity index (χ2v) is 8.33. The van der Waals surface area contributed by atoms with Gasteiger partial charge in [-0.15, -0.1) is 0 Å². The molecule has 32 heavy (non-hydrogen) atoms. The Morgan fingerprint density at radius 3 is 2.75 bits per heavy atom. The molecule has 1 aliphatic rings. The van der Waals surface area contributed by atoms with Crippen molar-refractivity contribution in [3.63, 3.8) is 0 Å². The number of thiophene rings is 1. The molecule has 1 aliphatic heterocycles. The Morgan fingerprint density at radius 1 is 1.28 bits per heavy atom. The zero-order valence-corrected chi connectivity index (χ0v) is 20.4. The van der Waals surface area contributed by atoms with Crippen molar-refractivity contribution in [1.29, 1.82) is 0 Å². The van der Waals surface area contributed by atoms with Crippen LogP contribution < -0.4 is 20.1 Å². The van der Waals surface area contributed by atoms with Crippen LogP contribution in [-0.4, -0.2) is 49.9 Å². The predicted octanol–water partition coefficient (Wildman–Crippen LogP) is 4.34. The maximum Gasteiger partial charge on any atom is 0.255 e. The summed E-state index contributed by atoms with van der Waals surface area (Å²) in [6.45, 7) is 5.88. The molecular formula is C23H29N3O4S2. The number of nitrogens with one attached hydrogen (secondary N) is 2. The van der Waals surface area contributed by atoms with Gasteiger partial charge in [0.1, 0.15) is 11.5 Å². The number of amides is 1. The quantitative estimate of drug-likeness (QED) is 0.391. The number of methoxy groups -OCH3 is 2. The lowest BCUT2D eigenvalue weighted by Crippen LogP contribution is -2.48. The molecule has 172 valence electrons. The smallest absolute Gasteiger partial charge is 0.255 e. The highest BCUT2D eigenvalue weighted by atomic mass is 32.1. The van der Waals surface area contributed by atoms with E-state index in [0.29, 0.717) is 47.6 Å². The molecule has 0 bridgehead atoms. The number of rotatable bonds is 10. The van der Waals surface area contributed by atoms with Crippen LogP contribution in [0, 0.1) is 0 Å². The zero-order valence-electron chi connectivity index (χ0n) is 18.8. The number of allylic oxidation sites excluding steroid dienone is 1. The van der Waals surface area contributed by atoms with Gasteiger partial charge in [0.25, 0.3) is 5.91 Å². The first-order valence-corrected chi connectivity index (χ1v) is 11.8. The van der Waals surface area contributed by atoms with Crippen LogP contribution in [0.4, 0.5) is 5.69 Å². The van der Waals surface area contributed by atoms with Gasteiger partial charge in [-0.1, -0.05) is 0 Å². The highest BCUT2D eigenvalue weighted by molar-refractivity contribution is 7.80. The van der Waals surface area contributed by atoms with Crippen molar-refractivity contribution >= 4 is 40.3 Å². The van der Waals surface area contributed by atoms with Crippen LogP contribution in [0.5, 0.6) is 11.5 Å². The molecule has 2 heterocycles. The van der Waals surface area contributed by atoms with Crippen LogP contribution in [-0.2, 0) is 9.53 Å². The third kappa shape index (κ3) is 5.40. The number of ether oxygens (including phenoxy) is 3. The van der Waals surface area contributed by atoms with E-state index in [1.54, 1.807) is 43.8 Å². The van der Waals surface area contributed by atoms with Crippen molar-refractivity contribution in [3.8, 4) is 11.5 Å². The molecule has 0 saturated carbocycles. The average Bonchev–Trinajstić information content (AvgIpc) is 3.32. The van der Waals surface area contributed by atoms with E-state index in [-0.39, 0.29) is 11.9 Å². The van der Waals surface area contributed by atoms with Gasteiger partial charge in [-0.25, -0.2) is 0 Å². The Bertz CT molecular complexity index is 976. The van der Waals surface area contributed by atoms with Crippen LogP contribution in [0.25, 0.3) is 0 Å². The van der Waals surface area contributed by atoms with Crippen molar-refractivity contribution in [3.05, 3.63) is 51.9 Å². The minimum absolute atomic E-state index is 0.227. The van der Waals surface area contributed by atoms with E-state index in [0.717, 1.165) is 17.7 Å². The fourth-order valence-electron chi connectivity index (χ4n) is 3.60. The molecule has 0 aliphatic carbocycles. The van der Waals surface area contributed by atoms with Gasteiger partial charge in [-0.05, 0) is 67.0 Å². The van der Waals surface area contributed by atoms with Crippen molar-refractivity contribution < 1.29 is 19.0 Å². The van der Waals surface area contributed by atoms with Crippen molar-refractivity contribution in [2.45, 2.75) is 26.3 Å². The maximum atomic E-state index is 13.6. The van der Waals surface area contributed by atoms with Gasteiger partial charge >= 0.3 is 0 Å². The molecule has 3 rings (SSSR count). The fraction of sp³-hybridized carbons (Fsp3) is 0.391. The van der Waals surface area contributed by atoms with Crippen molar-refractivity contribution in [2.24, 2.45) is 0 Å². The molecule has 1 atom stereocenters. The molecule has 0 saturated heterocycles. The van der Waals surface area contributed by atoms with E-state index in [1.165, 1.54) is 0 Å². The third-order valence-electron chi connectivity index (χ3n) is 5.25. The highest BCUT2D eigenvalue weighted by Crippen LogP contribution is 2.34. The van der Waals surface area contributed by atoms with E-state index in [1.807, 2.05) is 35.6 Å². The predicted molar refractivity (Wildman–Crippen MR) is 131 cm³/mol. The fourth-order valence-corrected chi connectivity index (χ4v) is 4.64. The summed E-state index contributed by atoms with van der Waals surface area (Å²) >= 11 is 7.23. The lowest BCUT2D eigenvalue weighted by molar-refractivity contribution is -0.113. The molecular weight excluding hydrogens is 446 g/mol. The first-order valence-electron chi connectivity index (χ1n) is 10.4. The number of carbonyl (C=O) groups is 1. The molecule has 2 N–H and O–H groups in total. The Hall–Kier alpha value is -2.62. The second kappa shape index (κ2) is 11.3. The van der Waals surface area contributed by atoms with Crippen LogP contribution in [0.2, 0.25) is 0 Å². The molecule has 0 spiro atoms. The second-order valence-electron chi connectivity index (χ2n) is 7.16. The molecule has 1 aromatic carbocycles. The molecule has 1 aromatic heterocycles. The number of carbonyl (C=O) groups excluding carboxylic acids is 1. The topological polar surface area (TPSA) is 72.1 Å². The van der Waals surface area contributed by atoms with Crippen LogP contribution in [0.3, 0.4) is 0 Å². The van der Waals surface area contributed by atoms with Gasteiger partial charge < -0.3 is 29.7 Å². The zero-order chi connectivity index (χ0) is 23.1. The van der Waals surface area contributed by atoms with Gasteiger partial charge in [0.2, 0.25) is 0 Å². The van der Waals surface area contributed by atoms with Gasteiger partial charge in [-0.3, -0.25) is 4.79 Å². The van der Waals surface area contributed by atoms with E-state index in [2.05, 4.69) is 10.6 Å². The monoisotopic (exact) mass is 475 g/mol. The van der Waals surface area contributed by atoms with E-state index in [9.17, 15) is 4.79 Å². The standard InChI is InChI=1S/C23H29N3O4S2/c1-5-30-11-6-10-26-15(2)20(21(25-23(26)31)16-9-12-32-14-16)22(27)24-18-13-17(28-3)7-8-19(18)29-4/h7-9,12-14,21H,5-6,10-11H2,1-4H3,(H,24,27)(H,25,31). The molecule has 9 heteroatoms. The number of thiocarbonyl (C=S) groups is 1. The molecule has 0 radical (unpaired) electrons. The summed E-state index contributed by atoms with van der Waals surface area (Å²) in [6.07, 6.45) is 0.800. The summed E-state index contributed by atoms with van der Waals surface area (Å²) in [6, 6.07) is 6.96. The normalized spacial score (nSPS) is 16.1. The number of nitrogens with zero attached hydrogens (tertiary/aromatic N) is 1. The number of hydrogen-bond donors (Lipinski definition) is 2. The largest absolute Gasteiger partial charge is 0.497 e. The Balaban J connectivity index is 1.94. The van der Waals surface area contributed by atoms with Gasteiger partial charge in [0.05, 0.1) is 31.5 Å². The summed E-state index contributed by atoms with van der Waals surface area (Å²) in [7, 11) is 3.15. The van der Waals surface area contributed by atoms with Gasteiger partial charge in [0.15, 0.2) is 5.11 Å². The van der Waals surface area contributed by atoms with Crippen molar-refractivity contribution in [1.82, 2.24) is 10.2 Å². The van der Waals surface area contributed by atoms with E-state index < -0.39 is 0 Å². The van der Waals surface area contributed by atoms with Gasteiger partial charge in [0, 0.05) is 31.5 Å². The SMILES string of the molecule is CCOCCCN1C(=S)NC(c2ccsc2)C(C(=O)Nc2cc(OC)ccc2OC)=C1C. The molecule has 2 aromatic rings. The minimum atomic E-state index is -0.339. The van der Waals surface area contributed by atoms with E-state index in [4.69, 9.17) is 26.4 Å². The first-order chi connectivity index (χ1) is 15.5. The summed E-state index contributed by atoms with van der Waals surface area (Å²) in [5.41, 5.74) is 2.96. The molecule has 0 fully saturated rings. The van der Waals surface area contributed by atoms with Crippen molar-refractivity contribution in [2.75, 3.05) is 39.3 Å². The summed E-state index contributed by atoms with van der Waals surface area (Å²) < 4.78 is 16.2. The number of benzene rings is 1. The molecule has 1 unspecified atom stereocenters. The summed E-state index contributed by atoms with van der Waals surface area (Å²) in [4.78, 5) is 15.6.